The number of amidine groups is 1. The Morgan fingerprint density at radius 1 is 1.00 bits per heavy atom. The number of rotatable bonds is 4. The predicted octanol–water partition coefficient (Wildman–Crippen LogP) is 2.08. The fourth-order valence-corrected chi connectivity index (χ4v) is 5.06. The first-order chi connectivity index (χ1) is 12.1. The first-order valence-electron chi connectivity index (χ1n) is 8.27. The van der Waals surface area contributed by atoms with Crippen molar-refractivity contribution in [2.45, 2.75) is 11.4 Å². The van der Waals surface area contributed by atoms with Crippen molar-refractivity contribution in [3.05, 3.63) is 46.7 Å². The summed E-state index contributed by atoms with van der Waals surface area (Å²) in [4.78, 5) is 6.32. The Morgan fingerprint density at radius 3 is 2.44 bits per heavy atom. The molecule has 0 atom stereocenters. The number of sulfonamides is 1. The van der Waals surface area contributed by atoms with Gasteiger partial charge in [-0.15, -0.1) is 15.7 Å². The van der Waals surface area contributed by atoms with E-state index in [4.69, 9.17) is 0 Å². The minimum absolute atomic E-state index is 0.250. The third kappa shape index (κ3) is 3.77. The average molecular weight is 377 g/mol. The van der Waals surface area contributed by atoms with E-state index in [2.05, 4.69) is 37.0 Å². The lowest BCUT2D eigenvalue weighted by atomic mass is 10.2. The van der Waals surface area contributed by atoms with Gasteiger partial charge in [0.25, 0.3) is 10.0 Å². The molecule has 2 aliphatic rings. The lowest BCUT2D eigenvalue weighted by Gasteiger charge is -2.35. The molecule has 1 N–H and O–H groups in total. The Labute approximate surface area is 151 Å². The van der Waals surface area contributed by atoms with Crippen LogP contribution in [-0.4, -0.2) is 56.8 Å². The molecule has 3 heterocycles. The number of hydrogen-bond acceptors (Lipinski definition) is 6. The number of thiophene rings is 1. The molecule has 2 aromatic rings. The van der Waals surface area contributed by atoms with Crippen LogP contribution >= 0.6 is 11.3 Å². The smallest absolute Gasteiger partial charge is 0.286 e. The van der Waals surface area contributed by atoms with Gasteiger partial charge in [-0.2, -0.15) is 8.42 Å². The van der Waals surface area contributed by atoms with Crippen LogP contribution in [0.5, 0.6) is 0 Å². The topological polar surface area (TPSA) is 65.0 Å². The Balaban J connectivity index is 1.37. The lowest BCUT2D eigenvalue weighted by molar-refractivity contribution is 0.141. The van der Waals surface area contributed by atoms with Crippen molar-refractivity contribution < 1.29 is 8.42 Å². The molecule has 0 amide bonds. The largest absolute Gasteiger partial charge is 0.341 e. The highest BCUT2D eigenvalue weighted by molar-refractivity contribution is 7.90. The summed E-state index contributed by atoms with van der Waals surface area (Å²) >= 11 is 1.79. The second-order valence-electron chi connectivity index (χ2n) is 6.27. The quantitative estimate of drug-likeness (QED) is 0.885. The van der Waals surface area contributed by atoms with Crippen LogP contribution < -0.4 is 5.32 Å². The molecule has 4 rings (SSSR count). The van der Waals surface area contributed by atoms with Crippen LogP contribution in [0.4, 0.5) is 5.69 Å². The summed E-state index contributed by atoms with van der Waals surface area (Å²) in [7, 11) is -3.60. The monoisotopic (exact) mass is 376 g/mol. The van der Waals surface area contributed by atoms with Gasteiger partial charge in [0.1, 0.15) is 10.7 Å². The molecular formula is C17H20N4O2S2. The fourth-order valence-electron chi connectivity index (χ4n) is 3.18. The first-order valence-corrected chi connectivity index (χ1v) is 10.6. The molecule has 1 aromatic carbocycles. The van der Waals surface area contributed by atoms with E-state index in [9.17, 15) is 8.42 Å². The van der Waals surface area contributed by atoms with E-state index in [-0.39, 0.29) is 4.90 Å². The van der Waals surface area contributed by atoms with Crippen LogP contribution in [0, 0.1) is 0 Å². The highest BCUT2D eigenvalue weighted by Crippen LogP contribution is 2.26. The fraction of sp³-hybridized carbons (Fsp3) is 0.353. The number of para-hydroxylation sites is 1. The molecule has 1 saturated heterocycles. The standard InChI is InChI=1S/C17H20N4O2S2/c22-25(23)16-6-2-1-5-15(16)18-17(19-25)13-21-9-7-20(8-10-21)12-14-4-3-11-24-14/h1-6,11H,7-10,12-13H2,(H,18,19). The zero-order valence-corrected chi connectivity index (χ0v) is 15.4. The van der Waals surface area contributed by atoms with Crippen LogP contribution in [0.1, 0.15) is 4.88 Å². The van der Waals surface area contributed by atoms with Gasteiger partial charge in [0.05, 0.1) is 12.2 Å². The van der Waals surface area contributed by atoms with E-state index in [0.29, 0.717) is 18.1 Å². The third-order valence-corrected chi connectivity index (χ3v) is 6.71. The van der Waals surface area contributed by atoms with Crippen LogP contribution in [0.3, 0.4) is 0 Å². The molecule has 1 fully saturated rings. The maximum Gasteiger partial charge on any atom is 0.286 e. The molecule has 0 unspecified atom stereocenters. The normalized spacial score (nSPS) is 20.6. The summed E-state index contributed by atoms with van der Waals surface area (Å²) in [5, 5.41) is 5.27. The summed E-state index contributed by atoms with van der Waals surface area (Å²) in [6, 6.07) is 11.2. The summed E-state index contributed by atoms with van der Waals surface area (Å²) < 4.78 is 28.6. The third-order valence-electron chi connectivity index (χ3n) is 4.47. The van der Waals surface area contributed by atoms with Gasteiger partial charge in [-0.05, 0) is 23.6 Å². The van der Waals surface area contributed by atoms with Crippen LogP contribution in [0.2, 0.25) is 0 Å². The van der Waals surface area contributed by atoms with Gasteiger partial charge >= 0.3 is 0 Å². The van der Waals surface area contributed by atoms with Gasteiger partial charge in [-0.25, -0.2) is 0 Å². The Hall–Kier alpha value is -1.74. The Morgan fingerprint density at radius 2 is 1.72 bits per heavy atom. The van der Waals surface area contributed by atoms with Crippen molar-refractivity contribution in [2.75, 3.05) is 38.0 Å². The zero-order chi connectivity index (χ0) is 17.3. The Kier molecular flexibility index (Phi) is 4.60. The Bertz CT molecular complexity index is 870. The molecule has 6 nitrogen and oxygen atoms in total. The van der Waals surface area contributed by atoms with Crippen molar-refractivity contribution in [1.29, 1.82) is 0 Å². The summed E-state index contributed by atoms with van der Waals surface area (Å²) in [6.07, 6.45) is 0. The van der Waals surface area contributed by atoms with Crippen LogP contribution in [0.15, 0.2) is 51.1 Å². The number of anilines is 1. The average Bonchev–Trinajstić information content (AvgIpc) is 3.09. The molecule has 1 aromatic heterocycles. The van der Waals surface area contributed by atoms with Crippen molar-refractivity contribution in [3.8, 4) is 0 Å². The van der Waals surface area contributed by atoms with E-state index >= 15 is 0 Å². The van der Waals surface area contributed by atoms with Crippen molar-refractivity contribution in [2.24, 2.45) is 4.40 Å². The zero-order valence-electron chi connectivity index (χ0n) is 13.8. The van der Waals surface area contributed by atoms with Gasteiger partial charge in [-0.3, -0.25) is 9.80 Å². The molecule has 8 heteroatoms. The summed E-state index contributed by atoms with van der Waals surface area (Å²) in [5.74, 6) is 0.505. The SMILES string of the molecule is O=S1(=O)N=C(CN2CCN(Cc3cccs3)CC2)Nc2ccccc21. The molecular weight excluding hydrogens is 356 g/mol. The number of piperazine rings is 1. The predicted molar refractivity (Wildman–Crippen MR) is 101 cm³/mol. The van der Waals surface area contributed by atoms with E-state index < -0.39 is 10.0 Å². The lowest BCUT2D eigenvalue weighted by Crippen LogP contribution is -2.48. The number of nitrogens with zero attached hydrogens (tertiary/aromatic N) is 3. The minimum atomic E-state index is -3.60. The molecule has 0 saturated carbocycles. The highest BCUT2D eigenvalue weighted by atomic mass is 32.2. The van der Waals surface area contributed by atoms with E-state index in [1.54, 1.807) is 29.5 Å². The van der Waals surface area contributed by atoms with Gasteiger partial charge in [0, 0.05) is 37.6 Å². The molecule has 25 heavy (non-hydrogen) atoms. The number of benzene rings is 1. The second kappa shape index (κ2) is 6.87. The van der Waals surface area contributed by atoms with Crippen molar-refractivity contribution in [3.63, 3.8) is 0 Å². The van der Waals surface area contributed by atoms with E-state index in [0.717, 1.165) is 32.7 Å². The maximum atomic E-state index is 12.3. The molecule has 0 radical (unpaired) electrons. The van der Waals surface area contributed by atoms with Crippen molar-refractivity contribution in [1.82, 2.24) is 9.80 Å². The number of fused-ring (bicyclic) bond motifs is 1. The van der Waals surface area contributed by atoms with Crippen LogP contribution in [0.25, 0.3) is 0 Å². The summed E-state index contributed by atoms with van der Waals surface area (Å²) in [5.41, 5.74) is 0.615. The van der Waals surface area contributed by atoms with E-state index in [1.165, 1.54) is 4.88 Å². The van der Waals surface area contributed by atoms with Gasteiger partial charge in [0.15, 0.2) is 0 Å². The number of nitrogens with one attached hydrogen (secondary N) is 1. The molecule has 0 spiro atoms. The minimum Gasteiger partial charge on any atom is -0.341 e. The second-order valence-corrected chi connectivity index (χ2v) is 8.87. The highest BCUT2D eigenvalue weighted by Gasteiger charge is 2.26. The van der Waals surface area contributed by atoms with Gasteiger partial charge in [0.2, 0.25) is 0 Å². The molecule has 2 aliphatic heterocycles. The molecule has 0 bridgehead atoms. The van der Waals surface area contributed by atoms with Crippen molar-refractivity contribution >= 4 is 32.9 Å². The van der Waals surface area contributed by atoms with E-state index in [1.807, 2.05) is 6.07 Å². The van der Waals surface area contributed by atoms with Gasteiger partial charge < -0.3 is 5.32 Å². The van der Waals surface area contributed by atoms with Gasteiger partial charge in [-0.1, -0.05) is 18.2 Å². The number of hydrogen-bond donors (Lipinski definition) is 1. The first kappa shape index (κ1) is 16.7. The maximum absolute atomic E-state index is 12.3. The summed E-state index contributed by atoms with van der Waals surface area (Å²) in [6.45, 7) is 5.30. The van der Waals surface area contributed by atoms with Crippen LogP contribution in [-0.2, 0) is 16.6 Å². The molecule has 0 aliphatic carbocycles. The molecule has 132 valence electrons.